The second-order valence-electron chi connectivity index (χ2n) is 17.2. The minimum Gasteiger partial charge on any atom is -0.463 e. The van der Waals surface area contributed by atoms with Crippen LogP contribution in [0, 0.1) is 29.1 Å². The monoisotopic (exact) mass is 845 g/mol. The Morgan fingerprint density at radius 1 is 1.14 bits per heavy atom. The van der Waals surface area contributed by atoms with Gasteiger partial charge in [0.25, 0.3) is 0 Å². The smallest absolute Gasteiger partial charge is 0.351 e. The van der Waals surface area contributed by atoms with Gasteiger partial charge in [-0.1, -0.05) is 71.9 Å². The maximum Gasteiger partial charge on any atom is 0.351 e. The molecule has 7 unspecified atom stereocenters. The van der Waals surface area contributed by atoms with E-state index in [1.807, 2.05) is 6.08 Å². The van der Waals surface area contributed by atoms with Crippen LogP contribution in [-0.2, 0) is 23.8 Å². The Labute approximate surface area is 348 Å². The number of rotatable bonds is 16. The van der Waals surface area contributed by atoms with Crippen LogP contribution in [0.2, 0.25) is 0 Å². The highest BCUT2D eigenvalue weighted by atomic mass is 33.1. The summed E-state index contributed by atoms with van der Waals surface area (Å²) in [5, 5.41) is 31.7. The number of aliphatic hydroxyl groups excluding tert-OH is 3. The lowest BCUT2D eigenvalue weighted by Gasteiger charge is -2.44. The van der Waals surface area contributed by atoms with E-state index in [4.69, 9.17) is 19.9 Å². The number of alkyl halides is 1. The summed E-state index contributed by atoms with van der Waals surface area (Å²) in [7, 11) is 2.82. The van der Waals surface area contributed by atoms with Gasteiger partial charge in [-0.05, 0) is 98.2 Å². The van der Waals surface area contributed by atoms with Gasteiger partial charge in [0.1, 0.15) is 30.7 Å². The van der Waals surface area contributed by atoms with Gasteiger partial charge in [0.2, 0.25) is 0 Å². The minimum absolute atomic E-state index is 0.0368. The lowest BCUT2D eigenvalue weighted by atomic mass is 9.61. The summed E-state index contributed by atoms with van der Waals surface area (Å²) in [5.74, 6) is 1.82. The Morgan fingerprint density at radius 2 is 1.86 bits per heavy atom. The number of anilines is 1. The molecule has 2 heterocycles. The molecule has 1 aromatic rings. The van der Waals surface area contributed by atoms with Crippen LogP contribution in [0.15, 0.2) is 64.7 Å². The molecule has 11 atom stereocenters. The molecular formula is C43H60FN3O9S2. The molecule has 0 radical (unpaired) electrons. The van der Waals surface area contributed by atoms with Crippen LogP contribution in [0.3, 0.4) is 0 Å². The molecule has 5 aliphatic rings. The lowest BCUT2D eigenvalue weighted by molar-refractivity contribution is -0.150. The normalized spacial score (nSPS) is 35.0. The van der Waals surface area contributed by atoms with Crippen LogP contribution in [0.1, 0.15) is 97.6 Å². The number of carbonyl (C=O) groups is 2. The van der Waals surface area contributed by atoms with Crippen molar-refractivity contribution in [2.45, 2.75) is 134 Å². The topological polar surface area (TPSA) is 183 Å². The third-order valence-corrected chi connectivity index (χ3v) is 15.4. The number of aromatic nitrogens is 2. The van der Waals surface area contributed by atoms with Crippen LogP contribution in [-0.4, -0.2) is 91.1 Å². The molecule has 4 aliphatic carbocycles. The second-order valence-corrected chi connectivity index (χ2v) is 19.9. The van der Waals surface area contributed by atoms with E-state index in [0.717, 1.165) is 49.2 Å². The molecule has 320 valence electrons. The van der Waals surface area contributed by atoms with E-state index in [2.05, 4.69) is 43.6 Å². The molecule has 5 N–H and O–H groups in total. The SMILES string of the molecule is C=C1/C(=C\C=C2/CCC[C@@]3(C)C2CCC3[C@@H](C)/C=C/C(O)C2CC2)C[C@H](OC(=O)CCSSCCC(=O)OCC2OC(n3ccc(N)nc3=O)C(C)(F)C2O)C[C@@H]1O. The van der Waals surface area contributed by atoms with Crippen LogP contribution in [0.5, 0.6) is 0 Å². The average molecular weight is 846 g/mol. The van der Waals surface area contributed by atoms with Crippen molar-refractivity contribution in [3.63, 3.8) is 0 Å². The molecule has 0 amide bonds. The molecule has 1 aromatic heterocycles. The van der Waals surface area contributed by atoms with Crippen molar-refractivity contribution < 1.29 is 43.5 Å². The number of nitrogens with zero attached hydrogens (tertiary/aromatic N) is 2. The third kappa shape index (κ3) is 10.5. The zero-order valence-corrected chi connectivity index (χ0v) is 35.4. The summed E-state index contributed by atoms with van der Waals surface area (Å²) in [6.45, 7) is 9.62. The Balaban J connectivity index is 0.900. The summed E-state index contributed by atoms with van der Waals surface area (Å²) >= 11 is 0. The van der Waals surface area contributed by atoms with Crippen LogP contribution in [0.4, 0.5) is 10.2 Å². The van der Waals surface area contributed by atoms with E-state index < -0.39 is 54.6 Å². The third-order valence-electron chi connectivity index (χ3n) is 13.0. The lowest BCUT2D eigenvalue weighted by Crippen LogP contribution is -2.43. The first-order valence-corrected chi connectivity index (χ1v) is 23.2. The Hall–Kier alpha value is -2.95. The van der Waals surface area contributed by atoms with Crippen molar-refractivity contribution in [3.05, 3.63) is 70.3 Å². The number of hydrogen-bond acceptors (Lipinski definition) is 13. The first kappa shape index (κ1) is 44.6. The summed E-state index contributed by atoms with van der Waals surface area (Å²) < 4.78 is 32.9. The molecule has 12 nitrogen and oxygen atoms in total. The highest BCUT2D eigenvalue weighted by Gasteiger charge is 2.56. The minimum atomic E-state index is -2.36. The zero-order chi connectivity index (χ0) is 41.8. The highest BCUT2D eigenvalue weighted by Crippen LogP contribution is 2.59. The van der Waals surface area contributed by atoms with Gasteiger partial charge in [-0.3, -0.25) is 14.2 Å². The van der Waals surface area contributed by atoms with Gasteiger partial charge in [-0.15, -0.1) is 0 Å². The van der Waals surface area contributed by atoms with Crippen molar-refractivity contribution in [3.8, 4) is 0 Å². The molecule has 1 aliphatic heterocycles. The number of halogens is 1. The molecule has 0 aromatic carbocycles. The highest BCUT2D eigenvalue weighted by molar-refractivity contribution is 8.76. The summed E-state index contributed by atoms with van der Waals surface area (Å²) in [6.07, 6.45) is 12.9. The molecular weight excluding hydrogens is 786 g/mol. The number of ether oxygens (including phenoxy) is 3. The first-order valence-electron chi connectivity index (χ1n) is 20.7. The quantitative estimate of drug-likeness (QED) is 0.0642. The van der Waals surface area contributed by atoms with Crippen molar-refractivity contribution in [2.75, 3.05) is 23.8 Å². The molecule has 6 rings (SSSR count). The Bertz CT molecular complexity index is 1810. The van der Waals surface area contributed by atoms with Crippen LogP contribution < -0.4 is 11.4 Å². The number of nitrogen functional groups attached to an aromatic ring is 1. The van der Waals surface area contributed by atoms with E-state index in [-0.39, 0.29) is 36.1 Å². The predicted octanol–water partition coefficient (Wildman–Crippen LogP) is 6.17. The number of nitrogens with two attached hydrogens (primary N) is 1. The number of hydrogen-bond donors (Lipinski definition) is 4. The molecule has 4 saturated carbocycles. The zero-order valence-electron chi connectivity index (χ0n) is 33.8. The molecule has 15 heteroatoms. The molecule has 0 spiro atoms. The maximum absolute atomic E-state index is 15.4. The fourth-order valence-corrected chi connectivity index (χ4v) is 11.5. The van der Waals surface area contributed by atoms with Gasteiger partial charge in [0, 0.05) is 30.5 Å². The molecule has 0 bridgehead atoms. The Kier molecular flexibility index (Phi) is 14.8. The predicted molar refractivity (Wildman–Crippen MR) is 223 cm³/mol. The number of esters is 2. The van der Waals surface area contributed by atoms with Crippen molar-refractivity contribution in [1.29, 1.82) is 0 Å². The molecule has 58 heavy (non-hydrogen) atoms. The maximum atomic E-state index is 15.4. The number of allylic oxidation sites excluding steroid dienone is 4. The fraction of sp³-hybridized carbons (Fsp3) is 0.674. The average Bonchev–Trinajstić information content (AvgIpc) is 3.93. The summed E-state index contributed by atoms with van der Waals surface area (Å²) in [6, 6.07) is 1.31. The Morgan fingerprint density at radius 3 is 2.57 bits per heavy atom. The van der Waals surface area contributed by atoms with E-state index >= 15 is 4.39 Å². The van der Waals surface area contributed by atoms with Gasteiger partial charge in [-0.2, -0.15) is 4.98 Å². The van der Waals surface area contributed by atoms with E-state index in [1.54, 1.807) is 0 Å². The van der Waals surface area contributed by atoms with Crippen molar-refractivity contribution in [2.24, 2.45) is 29.1 Å². The first-order chi connectivity index (χ1) is 27.6. The number of carbonyl (C=O) groups excluding carboxylic acids is 2. The van der Waals surface area contributed by atoms with Crippen molar-refractivity contribution >= 4 is 39.3 Å². The van der Waals surface area contributed by atoms with E-state index in [0.29, 0.717) is 53.6 Å². The van der Waals surface area contributed by atoms with E-state index in [1.165, 1.54) is 52.3 Å². The number of aliphatic hydroxyl groups is 3. The molecule has 1 saturated heterocycles. The second kappa shape index (κ2) is 19.2. The largest absolute Gasteiger partial charge is 0.463 e. The summed E-state index contributed by atoms with van der Waals surface area (Å²) in [4.78, 5) is 40.9. The van der Waals surface area contributed by atoms with Crippen molar-refractivity contribution in [1.82, 2.24) is 9.55 Å². The summed E-state index contributed by atoms with van der Waals surface area (Å²) in [5.41, 5.74) is 5.57. The molecule has 5 fully saturated rings. The van der Waals surface area contributed by atoms with Gasteiger partial charge in [0.05, 0.1) is 25.0 Å². The van der Waals surface area contributed by atoms with Crippen LogP contribution >= 0.6 is 21.6 Å². The number of fused-ring (bicyclic) bond motifs is 1. The fourth-order valence-electron chi connectivity index (χ4n) is 9.51. The van der Waals surface area contributed by atoms with Gasteiger partial charge in [0.15, 0.2) is 11.9 Å². The standard InChI is InChI=1S/C43H60FN3O9S2/c1-25(7-14-33(48)28-9-10-28)31-12-13-32-27(6-5-18-42(31,32)3)8-11-29-22-30(23-34(49)26(29)2)55-38(51)17-21-58-57-20-16-37(50)54-24-35-39(52)43(4,44)40(56-35)47-19-15-36(45)46-41(47)53/h7-8,11,14-15,19,25,28,30-35,39-40,48-49,52H,2,5-6,9-10,12-13,16-18,20-24H2,1,3-4H3,(H2,45,46,53)/b14-7+,27-8+,29-11-/t25-,30-,31?,32?,33?,34-,35?,39?,40?,42+,43?/m0/s1. The van der Waals surface area contributed by atoms with E-state index in [9.17, 15) is 29.7 Å². The van der Waals surface area contributed by atoms with Gasteiger partial charge in [-0.25, -0.2) is 9.18 Å². The van der Waals surface area contributed by atoms with Gasteiger partial charge < -0.3 is 35.3 Å². The van der Waals surface area contributed by atoms with Gasteiger partial charge >= 0.3 is 17.6 Å². The van der Waals surface area contributed by atoms with Crippen LogP contribution in [0.25, 0.3) is 0 Å².